The van der Waals surface area contributed by atoms with Crippen molar-refractivity contribution < 1.29 is 24.2 Å². The monoisotopic (exact) mass is 217 g/mol. The summed E-state index contributed by atoms with van der Waals surface area (Å²) < 4.78 is 9.96. The van der Waals surface area contributed by atoms with Crippen LogP contribution in [0.15, 0.2) is 0 Å². The van der Waals surface area contributed by atoms with E-state index >= 15 is 0 Å². The third kappa shape index (κ3) is 3.49. The Bertz CT molecular complexity index is 237. The first-order valence-corrected chi connectivity index (χ1v) is 4.76. The van der Waals surface area contributed by atoms with Crippen LogP contribution in [0.3, 0.4) is 0 Å². The standard InChI is InChI=1S/C9H15NO5/c1-14-7(6-8(11)12)9(13)10-2-4-15-5-3-10/h7H,2-6H2,1H3,(H,11,12). The smallest absolute Gasteiger partial charge is 0.306 e. The minimum Gasteiger partial charge on any atom is -0.481 e. The van der Waals surface area contributed by atoms with Gasteiger partial charge in [-0.25, -0.2) is 0 Å². The average molecular weight is 217 g/mol. The van der Waals surface area contributed by atoms with Crippen molar-refractivity contribution in [2.24, 2.45) is 0 Å². The number of nitrogens with zero attached hydrogens (tertiary/aromatic N) is 1. The molecule has 0 aromatic heterocycles. The highest BCUT2D eigenvalue weighted by atomic mass is 16.5. The molecule has 86 valence electrons. The van der Waals surface area contributed by atoms with Crippen LogP contribution in [-0.2, 0) is 19.1 Å². The first-order valence-electron chi connectivity index (χ1n) is 4.76. The SMILES string of the molecule is COC(CC(=O)O)C(=O)N1CCOCC1. The summed E-state index contributed by atoms with van der Waals surface area (Å²) in [6.45, 7) is 1.99. The number of methoxy groups -OCH3 is 1. The number of amides is 1. The Labute approximate surface area is 87.8 Å². The Kier molecular flexibility index (Phi) is 4.51. The molecule has 1 amide bonds. The lowest BCUT2D eigenvalue weighted by molar-refractivity contribution is -0.152. The molecule has 6 nitrogen and oxygen atoms in total. The van der Waals surface area contributed by atoms with E-state index in [4.69, 9.17) is 14.6 Å². The summed E-state index contributed by atoms with van der Waals surface area (Å²) in [7, 11) is 1.34. The number of rotatable bonds is 4. The summed E-state index contributed by atoms with van der Waals surface area (Å²) in [5, 5.41) is 8.59. The lowest BCUT2D eigenvalue weighted by Gasteiger charge is -2.29. The first kappa shape index (κ1) is 11.9. The largest absolute Gasteiger partial charge is 0.481 e. The van der Waals surface area contributed by atoms with Crippen LogP contribution in [0.4, 0.5) is 0 Å². The second-order valence-electron chi connectivity index (χ2n) is 3.26. The van der Waals surface area contributed by atoms with E-state index in [1.165, 1.54) is 7.11 Å². The number of carbonyl (C=O) groups is 2. The van der Waals surface area contributed by atoms with E-state index in [0.29, 0.717) is 26.3 Å². The second-order valence-corrected chi connectivity index (χ2v) is 3.26. The van der Waals surface area contributed by atoms with Crippen LogP contribution >= 0.6 is 0 Å². The van der Waals surface area contributed by atoms with E-state index in [1.807, 2.05) is 0 Å². The molecule has 1 rings (SSSR count). The number of hydrogen-bond donors (Lipinski definition) is 1. The molecule has 1 aliphatic rings. The molecule has 1 heterocycles. The van der Waals surface area contributed by atoms with Crippen molar-refractivity contribution in [2.75, 3.05) is 33.4 Å². The Morgan fingerprint density at radius 3 is 2.53 bits per heavy atom. The number of aliphatic carboxylic acids is 1. The van der Waals surface area contributed by atoms with Gasteiger partial charge in [-0.2, -0.15) is 0 Å². The molecule has 0 bridgehead atoms. The number of morpholine rings is 1. The molecule has 1 aliphatic heterocycles. The highest BCUT2D eigenvalue weighted by molar-refractivity contribution is 5.85. The van der Waals surface area contributed by atoms with Crippen LogP contribution in [0, 0.1) is 0 Å². The molecule has 1 saturated heterocycles. The van der Waals surface area contributed by atoms with Gasteiger partial charge in [0.1, 0.15) is 6.10 Å². The van der Waals surface area contributed by atoms with Crippen LogP contribution in [0.5, 0.6) is 0 Å². The van der Waals surface area contributed by atoms with Crippen LogP contribution in [0.1, 0.15) is 6.42 Å². The fraction of sp³-hybridized carbons (Fsp3) is 0.778. The fourth-order valence-corrected chi connectivity index (χ4v) is 1.42. The van der Waals surface area contributed by atoms with Crippen LogP contribution in [-0.4, -0.2) is 61.4 Å². The lowest BCUT2D eigenvalue weighted by Crippen LogP contribution is -2.46. The normalized spacial score (nSPS) is 18.6. The number of carboxylic acid groups (broad SMARTS) is 1. The Morgan fingerprint density at radius 2 is 2.07 bits per heavy atom. The Hall–Kier alpha value is -1.14. The van der Waals surface area contributed by atoms with Crippen molar-refractivity contribution in [3.63, 3.8) is 0 Å². The quantitative estimate of drug-likeness (QED) is 0.676. The summed E-state index contributed by atoms with van der Waals surface area (Å²) in [5.41, 5.74) is 0. The van der Waals surface area contributed by atoms with Gasteiger partial charge in [0.05, 0.1) is 19.6 Å². The zero-order valence-electron chi connectivity index (χ0n) is 8.64. The van der Waals surface area contributed by atoms with E-state index in [9.17, 15) is 9.59 Å². The Morgan fingerprint density at radius 1 is 1.47 bits per heavy atom. The van der Waals surface area contributed by atoms with E-state index in [2.05, 4.69) is 0 Å². The summed E-state index contributed by atoms with van der Waals surface area (Å²) in [6.07, 6.45) is -1.19. The molecule has 1 N–H and O–H groups in total. The van der Waals surface area contributed by atoms with Crippen LogP contribution in [0.2, 0.25) is 0 Å². The number of hydrogen-bond acceptors (Lipinski definition) is 4. The summed E-state index contributed by atoms with van der Waals surface area (Å²) >= 11 is 0. The predicted octanol–water partition coefficient (Wildman–Crippen LogP) is -0.665. The molecule has 1 unspecified atom stereocenters. The maximum atomic E-state index is 11.7. The van der Waals surface area contributed by atoms with Crippen LogP contribution < -0.4 is 0 Å². The van der Waals surface area contributed by atoms with E-state index in [0.717, 1.165) is 0 Å². The molecule has 0 saturated carbocycles. The number of carboxylic acids is 1. The second kappa shape index (κ2) is 5.67. The molecule has 1 atom stereocenters. The lowest BCUT2D eigenvalue weighted by atomic mass is 10.2. The van der Waals surface area contributed by atoms with Gasteiger partial charge < -0.3 is 19.5 Å². The van der Waals surface area contributed by atoms with E-state index in [1.54, 1.807) is 4.90 Å². The van der Waals surface area contributed by atoms with E-state index < -0.39 is 12.1 Å². The molecule has 0 aromatic rings. The number of ether oxygens (including phenoxy) is 2. The maximum Gasteiger partial charge on any atom is 0.306 e. The highest BCUT2D eigenvalue weighted by Gasteiger charge is 2.27. The van der Waals surface area contributed by atoms with Gasteiger partial charge in [0.25, 0.3) is 5.91 Å². The summed E-state index contributed by atoms with van der Waals surface area (Å²) in [5.74, 6) is -1.31. The Balaban J connectivity index is 2.50. The van der Waals surface area contributed by atoms with E-state index in [-0.39, 0.29) is 12.3 Å². The molecule has 0 spiro atoms. The minimum absolute atomic E-state index is 0.275. The predicted molar refractivity (Wildman–Crippen MR) is 50.4 cm³/mol. The fourth-order valence-electron chi connectivity index (χ4n) is 1.42. The van der Waals surface area contributed by atoms with Gasteiger partial charge in [0.2, 0.25) is 0 Å². The summed E-state index contributed by atoms with van der Waals surface area (Å²) in [6, 6.07) is 0. The highest BCUT2D eigenvalue weighted by Crippen LogP contribution is 2.06. The molecular formula is C9H15NO5. The van der Waals surface area contributed by atoms with Crippen molar-refractivity contribution in [1.82, 2.24) is 4.90 Å². The van der Waals surface area contributed by atoms with Gasteiger partial charge in [-0.1, -0.05) is 0 Å². The van der Waals surface area contributed by atoms with Crippen molar-refractivity contribution in [3.8, 4) is 0 Å². The third-order valence-corrected chi connectivity index (χ3v) is 2.24. The van der Waals surface area contributed by atoms with Gasteiger partial charge in [0.15, 0.2) is 0 Å². The van der Waals surface area contributed by atoms with Crippen LogP contribution in [0.25, 0.3) is 0 Å². The molecule has 0 radical (unpaired) electrons. The van der Waals surface area contributed by atoms with Gasteiger partial charge >= 0.3 is 5.97 Å². The van der Waals surface area contributed by atoms with Gasteiger partial charge in [-0.3, -0.25) is 9.59 Å². The topological polar surface area (TPSA) is 76.1 Å². The summed E-state index contributed by atoms with van der Waals surface area (Å²) in [4.78, 5) is 23.8. The first-order chi connectivity index (χ1) is 7.15. The van der Waals surface area contributed by atoms with Crippen molar-refractivity contribution in [1.29, 1.82) is 0 Å². The van der Waals surface area contributed by atoms with Gasteiger partial charge in [0, 0.05) is 20.2 Å². The number of carbonyl (C=O) groups excluding carboxylic acids is 1. The van der Waals surface area contributed by atoms with Crippen molar-refractivity contribution >= 4 is 11.9 Å². The molecular weight excluding hydrogens is 202 g/mol. The zero-order chi connectivity index (χ0) is 11.3. The van der Waals surface area contributed by atoms with Gasteiger partial charge in [-0.15, -0.1) is 0 Å². The van der Waals surface area contributed by atoms with Crippen molar-refractivity contribution in [3.05, 3.63) is 0 Å². The molecule has 0 aromatic carbocycles. The third-order valence-electron chi connectivity index (χ3n) is 2.24. The minimum atomic E-state index is -1.04. The maximum absolute atomic E-state index is 11.7. The zero-order valence-corrected chi connectivity index (χ0v) is 8.64. The van der Waals surface area contributed by atoms with Crippen molar-refractivity contribution in [2.45, 2.75) is 12.5 Å². The van der Waals surface area contributed by atoms with Gasteiger partial charge in [-0.05, 0) is 0 Å². The average Bonchev–Trinajstić information content (AvgIpc) is 2.26. The molecule has 15 heavy (non-hydrogen) atoms. The molecule has 0 aliphatic carbocycles. The molecule has 1 fully saturated rings. The molecule has 6 heteroatoms.